The van der Waals surface area contributed by atoms with E-state index in [1.54, 1.807) is 15.1 Å². The molecule has 19 heavy (non-hydrogen) atoms. The average Bonchev–Trinajstić information content (AvgIpc) is 2.81. The minimum absolute atomic E-state index is 0.266. The van der Waals surface area contributed by atoms with Crippen LogP contribution in [0.4, 0.5) is 0 Å². The molecule has 1 aromatic heterocycles. The highest BCUT2D eigenvalue weighted by Gasteiger charge is 2.32. The van der Waals surface area contributed by atoms with Crippen molar-refractivity contribution in [3.8, 4) is 0 Å². The van der Waals surface area contributed by atoms with E-state index in [4.69, 9.17) is 5.73 Å². The summed E-state index contributed by atoms with van der Waals surface area (Å²) < 4.78 is 28.4. The first-order valence-corrected chi connectivity index (χ1v) is 8.17. The molecule has 2 rings (SSSR count). The molecule has 6 nitrogen and oxygen atoms in total. The van der Waals surface area contributed by atoms with Gasteiger partial charge in [-0.25, -0.2) is 8.42 Å². The first-order chi connectivity index (χ1) is 8.98. The van der Waals surface area contributed by atoms with Crippen molar-refractivity contribution in [2.24, 2.45) is 11.7 Å². The zero-order valence-corrected chi connectivity index (χ0v) is 12.4. The highest BCUT2D eigenvalue weighted by molar-refractivity contribution is 7.89. The number of nitrogens with two attached hydrogens (primary N) is 1. The minimum atomic E-state index is -3.45. The maximum Gasteiger partial charge on any atom is 0.260 e. The monoisotopic (exact) mass is 286 g/mol. The molecule has 0 radical (unpaired) electrons. The maximum atomic E-state index is 12.7. The van der Waals surface area contributed by atoms with Crippen LogP contribution in [-0.2, 0) is 16.6 Å². The molecule has 1 aromatic rings. The maximum absolute atomic E-state index is 12.7. The smallest absolute Gasteiger partial charge is 0.260 e. The molecule has 1 aliphatic heterocycles. The zero-order chi connectivity index (χ0) is 14.0. The third kappa shape index (κ3) is 2.82. The van der Waals surface area contributed by atoms with Crippen LogP contribution in [0.3, 0.4) is 0 Å². The van der Waals surface area contributed by atoms with Gasteiger partial charge in [-0.1, -0.05) is 0 Å². The molecule has 0 unspecified atom stereocenters. The molecule has 0 aromatic carbocycles. The molecule has 0 bridgehead atoms. The average molecular weight is 286 g/mol. The number of nitrogens with zero attached hydrogens (tertiary/aromatic N) is 3. The standard InChI is InChI=1S/C12H22N4O2S/c1-3-16-12(7-10(2)14-16)19(17,18)15-6-4-5-11(8-13)9-15/h7,11H,3-6,8-9,13H2,1-2H3/t11-/m1/s1. The first kappa shape index (κ1) is 14.5. The highest BCUT2D eigenvalue weighted by Crippen LogP contribution is 2.23. The molecule has 0 spiro atoms. The predicted molar refractivity (Wildman–Crippen MR) is 73.2 cm³/mol. The van der Waals surface area contributed by atoms with E-state index in [0.29, 0.717) is 31.2 Å². The summed E-state index contributed by atoms with van der Waals surface area (Å²) in [4.78, 5) is 0. The van der Waals surface area contributed by atoms with Crippen LogP contribution in [-0.4, -0.2) is 42.1 Å². The van der Waals surface area contributed by atoms with Crippen LogP contribution in [0.15, 0.2) is 11.1 Å². The minimum Gasteiger partial charge on any atom is -0.330 e. The number of aryl methyl sites for hydroxylation is 2. The van der Waals surface area contributed by atoms with Gasteiger partial charge in [0.15, 0.2) is 5.03 Å². The lowest BCUT2D eigenvalue weighted by atomic mass is 10.0. The van der Waals surface area contributed by atoms with Crippen molar-refractivity contribution in [3.05, 3.63) is 11.8 Å². The molecule has 2 N–H and O–H groups in total. The second-order valence-corrected chi connectivity index (χ2v) is 6.93. The van der Waals surface area contributed by atoms with Crippen molar-refractivity contribution < 1.29 is 8.42 Å². The van der Waals surface area contributed by atoms with E-state index < -0.39 is 10.0 Å². The van der Waals surface area contributed by atoms with Crippen molar-refractivity contribution in [2.45, 2.75) is 38.3 Å². The highest BCUT2D eigenvalue weighted by atomic mass is 32.2. The Morgan fingerprint density at radius 2 is 2.26 bits per heavy atom. The Balaban J connectivity index is 2.31. The second-order valence-electron chi connectivity index (χ2n) is 5.05. The van der Waals surface area contributed by atoms with Crippen molar-refractivity contribution in [2.75, 3.05) is 19.6 Å². The molecule has 0 amide bonds. The molecule has 0 saturated carbocycles. The van der Waals surface area contributed by atoms with Gasteiger partial charge in [0.1, 0.15) is 0 Å². The third-order valence-electron chi connectivity index (χ3n) is 3.58. The molecule has 7 heteroatoms. The van der Waals surface area contributed by atoms with Crippen LogP contribution in [0.25, 0.3) is 0 Å². The van der Waals surface area contributed by atoms with Crippen molar-refractivity contribution in [1.82, 2.24) is 14.1 Å². The number of rotatable bonds is 4. The van der Waals surface area contributed by atoms with Crippen LogP contribution >= 0.6 is 0 Å². The summed E-state index contributed by atoms with van der Waals surface area (Å²) in [7, 11) is -3.45. The van der Waals surface area contributed by atoms with E-state index in [1.807, 2.05) is 13.8 Å². The van der Waals surface area contributed by atoms with Gasteiger partial charge >= 0.3 is 0 Å². The van der Waals surface area contributed by atoms with Crippen molar-refractivity contribution in [3.63, 3.8) is 0 Å². The molecule has 1 atom stereocenters. The van der Waals surface area contributed by atoms with Crippen LogP contribution in [0.2, 0.25) is 0 Å². The van der Waals surface area contributed by atoms with Gasteiger partial charge in [-0.05, 0) is 45.2 Å². The lowest BCUT2D eigenvalue weighted by Gasteiger charge is -2.31. The summed E-state index contributed by atoms with van der Waals surface area (Å²) in [6.07, 6.45) is 1.88. The van der Waals surface area contributed by atoms with Gasteiger partial charge in [-0.3, -0.25) is 4.68 Å². The molecule has 1 aliphatic rings. The third-order valence-corrected chi connectivity index (χ3v) is 5.45. The number of sulfonamides is 1. The molecular formula is C12H22N4O2S. The summed E-state index contributed by atoms with van der Waals surface area (Å²) in [6.45, 7) is 5.89. The summed E-state index contributed by atoms with van der Waals surface area (Å²) in [5.74, 6) is 0.266. The fourth-order valence-corrected chi connectivity index (χ4v) is 4.32. The normalized spacial score (nSPS) is 21.7. The number of hydrogen-bond acceptors (Lipinski definition) is 4. The van der Waals surface area contributed by atoms with Crippen molar-refractivity contribution in [1.29, 1.82) is 0 Å². The Morgan fingerprint density at radius 1 is 1.53 bits per heavy atom. The topological polar surface area (TPSA) is 81.2 Å². The van der Waals surface area contributed by atoms with Gasteiger partial charge in [0, 0.05) is 19.6 Å². The first-order valence-electron chi connectivity index (χ1n) is 6.73. The number of piperidine rings is 1. The van der Waals surface area contributed by atoms with Crippen LogP contribution in [0, 0.1) is 12.8 Å². The lowest BCUT2D eigenvalue weighted by molar-refractivity contribution is 0.269. The number of hydrogen-bond donors (Lipinski definition) is 1. The Morgan fingerprint density at radius 3 is 2.89 bits per heavy atom. The Bertz CT molecular complexity index is 538. The van der Waals surface area contributed by atoms with Crippen LogP contribution < -0.4 is 5.73 Å². The zero-order valence-electron chi connectivity index (χ0n) is 11.5. The molecule has 1 fully saturated rings. The van der Waals surface area contributed by atoms with Gasteiger partial charge < -0.3 is 5.73 Å². The molecule has 1 saturated heterocycles. The predicted octanol–water partition coefficient (Wildman–Crippen LogP) is 0.571. The number of aromatic nitrogens is 2. The summed E-state index contributed by atoms with van der Waals surface area (Å²) >= 11 is 0. The van der Waals surface area contributed by atoms with E-state index >= 15 is 0 Å². The van der Waals surface area contributed by atoms with Gasteiger partial charge in [0.25, 0.3) is 10.0 Å². The Kier molecular flexibility index (Phi) is 4.27. The van der Waals surface area contributed by atoms with Crippen LogP contribution in [0.1, 0.15) is 25.5 Å². The Hall–Kier alpha value is -0.920. The van der Waals surface area contributed by atoms with Crippen LogP contribution in [0.5, 0.6) is 0 Å². The van der Waals surface area contributed by atoms with E-state index in [0.717, 1.165) is 18.5 Å². The molecule has 0 aliphatic carbocycles. The quantitative estimate of drug-likeness (QED) is 0.877. The second kappa shape index (κ2) is 5.60. The summed E-state index contributed by atoms with van der Waals surface area (Å²) in [6, 6.07) is 1.64. The molecule has 2 heterocycles. The van der Waals surface area contributed by atoms with Gasteiger partial charge in [-0.2, -0.15) is 9.40 Å². The lowest BCUT2D eigenvalue weighted by Crippen LogP contribution is -2.42. The fourth-order valence-electron chi connectivity index (χ4n) is 2.53. The van der Waals surface area contributed by atoms with E-state index in [2.05, 4.69) is 5.10 Å². The van der Waals surface area contributed by atoms with Gasteiger partial charge in [-0.15, -0.1) is 0 Å². The molecule has 108 valence electrons. The summed E-state index contributed by atoms with van der Waals surface area (Å²) in [5.41, 5.74) is 6.40. The van der Waals surface area contributed by atoms with Crippen molar-refractivity contribution >= 4 is 10.0 Å². The Labute approximate surface area is 114 Å². The van der Waals surface area contributed by atoms with E-state index in [9.17, 15) is 8.42 Å². The SMILES string of the molecule is CCn1nc(C)cc1S(=O)(=O)N1CCC[C@H](CN)C1. The summed E-state index contributed by atoms with van der Waals surface area (Å²) in [5, 5.41) is 4.51. The van der Waals surface area contributed by atoms with E-state index in [-0.39, 0.29) is 5.92 Å². The largest absolute Gasteiger partial charge is 0.330 e. The fraction of sp³-hybridized carbons (Fsp3) is 0.750. The van der Waals surface area contributed by atoms with Gasteiger partial charge in [0.2, 0.25) is 0 Å². The van der Waals surface area contributed by atoms with E-state index in [1.165, 1.54) is 0 Å². The van der Waals surface area contributed by atoms with Gasteiger partial charge in [0.05, 0.1) is 5.69 Å². The molecular weight excluding hydrogens is 264 g/mol.